The molecule has 1 saturated carbocycles. The average molecular weight is 282 g/mol. The third-order valence-electron chi connectivity index (χ3n) is 3.12. The fraction of sp³-hybridized carbons (Fsp3) is 0.667. The fourth-order valence-corrected chi connectivity index (χ4v) is 1.66. The Morgan fingerprint density at radius 1 is 1.55 bits per heavy atom. The predicted molar refractivity (Wildman–Crippen MR) is 68.0 cm³/mol. The van der Waals surface area contributed by atoms with E-state index >= 15 is 0 Å². The number of urea groups is 1. The van der Waals surface area contributed by atoms with E-state index in [2.05, 4.69) is 15.5 Å². The van der Waals surface area contributed by atoms with Crippen LogP contribution in [0.15, 0.2) is 4.52 Å². The molecular weight excluding hydrogens is 264 g/mol. The highest BCUT2D eigenvalue weighted by atomic mass is 16.5. The first-order valence-electron chi connectivity index (χ1n) is 6.62. The van der Waals surface area contributed by atoms with Gasteiger partial charge >= 0.3 is 12.0 Å². The van der Waals surface area contributed by atoms with Crippen LogP contribution in [0.4, 0.5) is 4.79 Å². The van der Waals surface area contributed by atoms with Gasteiger partial charge in [-0.15, -0.1) is 0 Å². The maximum atomic E-state index is 11.9. The van der Waals surface area contributed by atoms with E-state index in [-0.39, 0.29) is 6.54 Å². The van der Waals surface area contributed by atoms with Crippen LogP contribution >= 0.6 is 0 Å². The van der Waals surface area contributed by atoms with Crippen molar-refractivity contribution in [2.75, 3.05) is 6.54 Å². The van der Waals surface area contributed by atoms with Gasteiger partial charge in [0.25, 0.3) is 0 Å². The molecule has 1 heterocycles. The molecule has 1 aromatic rings. The molecule has 1 atom stereocenters. The van der Waals surface area contributed by atoms with Crippen molar-refractivity contribution >= 4 is 12.0 Å². The standard InChI is InChI=1S/C12H18N4O4/c1-3-16(12(19)13-7(2)11(17)18)6-9-14-10(20-15-9)8-4-5-8/h7-8H,3-6H2,1-2H3,(H,13,19)(H,17,18)/t7-/m0/s1. The molecule has 1 aliphatic rings. The van der Waals surface area contributed by atoms with E-state index in [0.717, 1.165) is 12.8 Å². The third kappa shape index (κ3) is 3.46. The van der Waals surface area contributed by atoms with E-state index in [1.807, 2.05) is 0 Å². The molecule has 2 amide bonds. The molecular formula is C12H18N4O4. The summed E-state index contributed by atoms with van der Waals surface area (Å²) >= 11 is 0. The van der Waals surface area contributed by atoms with Crippen LogP contribution in [0.3, 0.4) is 0 Å². The van der Waals surface area contributed by atoms with E-state index in [9.17, 15) is 9.59 Å². The fourth-order valence-electron chi connectivity index (χ4n) is 1.66. The maximum absolute atomic E-state index is 11.9. The number of rotatable bonds is 6. The van der Waals surface area contributed by atoms with E-state index in [0.29, 0.717) is 24.2 Å². The molecule has 1 fully saturated rings. The van der Waals surface area contributed by atoms with Crippen molar-refractivity contribution in [3.63, 3.8) is 0 Å². The number of nitrogens with zero attached hydrogens (tertiary/aromatic N) is 3. The molecule has 2 N–H and O–H groups in total. The summed E-state index contributed by atoms with van der Waals surface area (Å²) in [6.07, 6.45) is 2.13. The van der Waals surface area contributed by atoms with Crippen LogP contribution in [0.25, 0.3) is 0 Å². The van der Waals surface area contributed by atoms with Crippen LogP contribution in [0.1, 0.15) is 44.3 Å². The Hall–Kier alpha value is -2.12. The van der Waals surface area contributed by atoms with Crippen molar-refractivity contribution in [3.8, 4) is 0 Å². The van der Waals surface area contributed by atoms with Crippen molar-refractivity contribution in [2.24, 2.45) is 0 Å². The Balaban J connectivity index is 1.93. The quantitative estimate of drug-likeness (QED) is 0.804. The zero-order valence-corrected chi connectivity index (χ0v) is 11.5. The van der Waals surface area contributed by atoms with Gasteiger partial charge in [-0.2, -0.15) is 4.98 Å². The monoisotopic (exact) mass is 282 g/mol. The van der Waals surface area contributed by atoms with Gasteiger partial charge in [0.15, 0.2) is 5.82 Å². The van der Waals surface area contributed by atoms with Crippen molar-refractivity contribution in [1.29, 1.82) is 0 Å². The van der Waals surface area contributed by atoms with Gasteiger partial charge in [-0.3, -0.25) is 4.79 Å². The van der Waals surface area contributed by atoms with Gasteiger partial charge in [0.1, 0.15) is 6.04 Å². The Kier molecular flexibility index (Phi) is 4.21. The summed E-state index contributed by atoms with van der Waals surface area (Å²) < 4.78 is 5.12. The number of carboxylic acids is 1. The Morgan fingerprint density at radius 3 is 2.80 bits per heavy atom. The van der Waals surface area contributed by atoms with Gasteiger partial charge in [0.05, 0.1) is 6.54 Å². The van der Waals surface area contributed by atoms with Crippen LogP contribution in [-0.2, 0) is 11.3 Å². The van der Waals surface area contributed by atoms with Crippen LogP contribution in [-0.4, -0.2) is 44.7 Å². The minimum Gasteiger partial charge on any atom is -0.480 e. The minimum atomic E-state index is -1.08. The Labute approximate surface area is 116 Å². The summed E-state index contributed by atoms with van der Waals surface area (Å²) in [5, 5.41) is 15.0. The molecule has 0 radical (unpaired) electrons. The van der Waals surface area contributed by atoms with Crippen LogP contribution in [0.5, 0.6) is 0 Å². The SMILES string of the molecule is CCN(Cc1noc(C2CC2)n1)C(=O)N[C@@H](C)C(=O)O. The lowest BCUT2D eigenvalue weighted by molar-refractivity contribution is -0.138. The molecule has 1 aromatic heterocycles. The molecule has 1 aliphatic carbocycles. The molecule has 0 aliphatic heterocycles. The predicted octanol–water partition coefficient (Wildman–Crippen LogP) is 0.952. The molecule has 110 valence electrons. The molecule has 0 saturated heterocycles. The molecule has 8 nitrogen and oxygen atoms in total. The van der Waals surface area contributed by atoms with Gasteiger partial charge in [-0.25, -0.2) is 4.79 Å². The summed E-state index contributed by atoms with van der Waals surface area (Å²) in [7, 11) is 0. The lowest BCUT2D eigenvalue weighted by Gasteiger charge is -2.21. The largest absolute Gasteiger partial charge is 0.480 e. The van der Waals surface area contributed by atoms with Crippen LogP contribution in [0.2, 0.25) is 0 Å². The van der Waals surface area contributed by atoms with E-state index in [1.54, 1.807) is 6.92 Å². The smallest absolute Gasteiger partial charge is 0.325 e. The van der Waals surface area contributed by atoms with E-state index < -0.39 is 18.0 Å². The highest BCUT2D eigenvalue weighted by Crippen LogP contribution is 2.38. The van der Waals surface area contributed by atoms with Crippen molar-refractivity contribution in [3.05, 3.63) is 11.7 Å². The van der Waals surface area contributed by atoms with Gasteiger partial charge in [-0.05, 0) is 26.7 Å². The molecule has 2 rings (SSSR count). The minimum absolute atomic E-state index is 0.199. The molecule has 8 heteroatoms. The van der Waals surface area contributed by atoms with Gasteiger partial charge in [-0.1, -0.05) is 5.16 Å². The summed E-state index contributed by atoms with van der Waals surface area (Å²) in [5.41, 5.74) is 0. The second-order valence-electron chi connectivity index (χ2n) is 4.85. The number of carbonyl (C=O) groups is 2. The topological polar surface area (TPSA) is 109 Å². The molecule has 0 bridgehead atoms. The number of carbonyl (C=O) groups excluding carboxylic acids is 1. The molecule has 0 unspecified atom stereocenters. The van der Waals surface area contributed by atoms with Crippen molar-refractivity contribution in [2.45, 2.75) is 45.2 Å². The van der Waals surface area contributed by atoms with Gasteiger partial charge in [0, 0.05) is 12.5 Å². The average Bonchev–Trinajstić information content (AvgIpc) is 3.15. The lowest BCUT2D eigenvalue weighted by atomic mass is 10.3. The first-order chi connectivity index (χ1) is 9.51. The van der Waals surface area contributed by atoms with Crippen LogP contribution in [0, 0.1) is 0 Å². The van der Waals surface area contributed by atoms with E-state index in [4.69, 9.17) is 9.63 Å². The normalized spacial score (nSPS) is 15.7. The number of nitrogens with one attached hydrogen (secondary N) is 1. The molecule has 0 aromatic carbocycles. The highest BCUT2D eigenvalue weighted by Gasteiger charge is 2.30. The van der Waals surface area contributed by atoms with Crippen molar-refractivity contribution in [1.82, 2.24) is 20.4 Å². The molecule has 20 heavy (non-hydrogen) atoms. The summed E-state index contributed by atoms with van der Waals surface area (Å²) in [4.78, 5) is 28.3. The number of aromatic nitrogens is 2. The summed E-state index contributed by atoms with van der Waals surface area (Å²) in [5.74, 6) is 0.347. The van der Waals surface area contributed by atoms with Gasteiger partial charge in [0.2, 0.25) is 5.89 Å². The Morgan fingerprint density at radius 2 is 2.25 bits per heavy atom. The summed E-state index contributed by atoms with van der Waals surface area (Å²) in [6, 6.07) is -1.40. The summed E-state index contributed by atoms with van der Waals surface area (Å²) in [6.45, 7) is 3.83. The maximum Gasteiger partial charge on any atom is 0.325 e. The lowest BCUT2D eigenvalue weighted by Crippen LogP contribution is -2.46. The second-order valence-corrected chi connectivity index (χ2v) is 4.85. The number of hydrogen-bond donors (Lipinski definition) is 2. The molecule has 0 spiro atoms. The van der Waals surface area contributed by atoms with Gasteiger partial charge < -0.3 is 19.8 Å². The van der Waals surface area contributed by atoms with Crippen LogP contribution < -0.4 is 5.32 Å². The zero-order valence-electron chi connectivity index (χ0n) is 11.5. The first-order valence-corrected chi connectivity index (χ1v) is 6.62. The number of aliphatic carboxylic acids is 1. The number of carboxylic acid groups (broad SMARTS) is 1. The van der Waals surface area contributed by atoms with E-state index in [1.165, 1.54) is 11.8 Å². The Bertz CT molecular complexity index is 497. The third-order valence-corrected chi connectivity index (χ3v) is 3.12. The second kappa shape index (κ2) is 5.89. The number of amides is 2. The first kappa shape index (κ1) is 14.3. The number of hydrogen-bond acceptors (Lipinski definition) is 5. The van der Waals surface area contributed by atoms with Crippen molar-refractivity contribution < 1.29 is 19.2 Å². The zero-order chi connectivity index (χ0) is 14.7. The highest BCUT2D eigenvalue weighted by molar-refractivity contribution is 5.82.